The van der Waals surface area contributed by atoms with E-state index >= 15 is 0 Å². The van der Waals surface area contributed by atoms with E-state index in [9.17, 15) is 5.11 Å². The van der Waals surface area contributed by atoms with Crippen molar-refractivity contribution < 1.29 is 9.84 Å². The molecule has 1 aliphatic heterocycles. The van der Waals surface area contributed by atoms with Crippen molar-refractivity contribution in [3.05, 3.63) is 0 Å². The molecule has 0 aliphatic carbocycles. The third-order valence-electron chi connectivity index (χ3n) is 2.21. The SMILES string of the molecule is CC(C)(O)C(Br)CBr.CC1(C)OC1CBr. The van der Waals surface area contributed by atoms with E-state index in [-0.39, 0.29) is 10.4 Å². The zero-order valence-electron chi connectivity index (χ0n) is 9.56. The molecule has 2 unspecified atom stereocenters. The van der Waals surface area contributed by atoms with Crippen LogP contribution in [0.5, 0.6) is 0 Å². The Labute approximate surface area is 118 Å². The molecule has 5 heteroatoms. The van der Waals surface area contributed by atoms with Crippen molar-refractivity contribution in [2.24, 2.45) is 0 Å². The van der Waals surface area contributed by atoms with Gasteiger partial charge in [0.2, 0.25) is 0 Å². The van der Waals surface area contributed by atoms with Crippen LogP contribution in [0.25, 0.3) is 0 Å². The van der Waals surface area contributed by atoms with Gasteiger partial charge in [-0.2, -0.15) is 0 Å². The lowest BCUT2D eigenvalue weighted by molar-refractivity contribution is 0.0857. The van der Waals surface area contributed by atoms with Gasteiger partial charge in [0.1, 0.15) is 0 Å². The number of halogens is 3. The van der Waals surface area contributed by atoms with Crippen LogP contribution in [0.2, 0.25) is 0 Å². The van der Waals surface area contributed by atoms with Gasteiger partial charge >= 0.3 is 0 Å². The first-order valence-electron chi connectivity index (χ1n) is 4.81. The van der Waals surface area contributed by atoms with E-state index in [1.807, 2.05) is 0 Å². The van der Waals surface area contributed by atoms with Gasteiger partial charge in [0, 0.05) is 10.7 Å². The largest absolute Gasteiger partial charge is 0.389 e. The van der Waals surface area contributed by atoms with E-state index in [0.29, 0.717) is 6.10 Å². The minimum absolute atomic E-state index is 0.134. The molecule has 0 aromatic rings. The van der Waals surface area contributed by atoms with Crippen molar-refractivity contribution in [1.29, 1.82) is 0 Å². The first-order chi connectivity index (χ1) is 6.65. The third kappa shape index (κ3) is 6.61. The average Bonchev–Trinajstić information content (AvgIpc) is 2.72. The van der Waals surface area contributed by atoms with Crippen molar-refractivity contribution in [3.63, 3.8) is 0 Å². The van der Waals surface area contributed by atoms with Crippen molar-refractivity contribution in [1.82, 2.24) is 0 Å². The molecule has 2 atom stereocenters. The van der Waals surface area contributed by atoms with Crippen molar-refractivity contribution in [3.8, 4) is 0 Å². The van der Waals surface area contributed by atoms with Gasteiger partial charge in [0.15, 0.2) is 0 Å². The molecular weight excluding hydrogens is 392 g/mol. The fourth-order valence-electron chi connectivity index (χ4n) is 0.739. The molecule has 15 heavy (non-hydrogen) atoms. The fraction of sp³-hybridized carbons (Fsp3) is 1.00. The van der Waals surface area contributed by atoms with Gasteiger partial charge in [-0.15, -0.1) is 0 Å². The zero-order chi connectivity index (χ0) is 12.3. The van der Waals surface area contributed by atoms with Crippen molar-refractivity contribution in [2.45, 2.75) is 49.8 Å². The second-order valence-electron chi connectivity index (χ2n) is 4.64. The summed E-state index contributed by atoms with van der Waals surface area (Å²) in [6.45, 7) is 7.74. The van der Waals surface area contributed by atoms with E-state index in [1.165, 1.54) is 0 Å². The molecule has 1 saturated heterocycles. The molecule has 1 rings (SSSR count). The highest BCUT2D eigenvalue weighted by atomic mass is 79.9. The molecular formula is C10H19Br3O2. The molecule has 1 fully saturated rings. The number of alkyl halides is 3. The van der Waals surface area contributed by atoms with Crippen LogP contribution in [0.3, 0.4) is 0 Å². The number of rotatable bonds is 3. The second kappa shape index (κ2) is 6.34. The lowest BCUT2D eigenvalue weighted by atomic mass is 10.1. The van der Waals surface area contributed by atoms with Gasteiger partial charge < -0.3 is 9.84 Å². The van der Waals surface area contributed by atoms with E-state index < -0.39 is 5.60 Å². The van der Waals surface area contributed by atoms with Crippen LogP contribution in [0, 0.1) is 0 Å². The van der Waals surface area contributed by atoms with Crippen LogP contribution in [-0.2, 0) is 4.74 Å². The van der Waals surface area contributed by atoms with Crippen LogP contribution in [0.4, 0.5) is 0 Å². The number of epoxide rings is 1. The van der Waals surface area contributed by atoms with Crippen LogP contribution in [-0.4, -0.2) is 37.9 Å². The molecule has 1 aliphatic rings. The minimum Gasteiger partial charge on any atom is -0.389 e. The number of aliphatic hydroxyl groups is 1. The highest BCUT2D eigenvalue weighted by Gasteiger charge is 2.46. The molecule has 1 heterocycles. The average molecular weight is 411 g/mol. The highest BCUT2D eigenvalue weighted by Crippen LogP contribution is 2.35. The summed E-state index contributed by atoms with van der Waals surface area (Å²) in [7, 11) is 0. The maximum atomic E-state index is 9.21. The van der Waals surface area contributed by atoms with Crippen LogP contribution >= 0.6 is 47.8 Å². The Balaban J connectivity index is 0.000000262. The molecule has 1 N–H and O–H groups in total. The number of hydrogen-bond acceptors (Lipinski definition) is 2. The molecule has 92 valence electrons. The third-order valence-corrected chi connectivity index (χ3v) is 5.75. The summed E-state index contributed by atoms with van der Waals surface area (Å²) in [5.74, 6) is 0. The lowest BCUT2D eigenvalue weighted by Crippen LogP contribution is -2.32. The molecule has 0 spiro atoms. The molecule has 2 nitrogen and oxygen atoms in total. The van der Waals surface area contributed by atoms with Gasteiger partial charge in [-0.3, -0.25) is 0 Å². The Morgan fingerprint density at radius 1 is 1.40 bits per heavy atom. The molecule has 0 radical (unpaired) electrons. The topological polar surface area (TPSA) is 32.8 Å². The van der Waals surface area contributed by atoms with Crippen LogP contribution < -0.4 is 0 Å². The van der Waals surface area contributed by atoms with Gasteiger partial charge in [-0.1, -0.05) is 47.8 Å². The fourth-order valence-corrected chi connectivity index (χ4v) is 2.44. The van der Waals surface area contributed by atoms with Crippen molar-refractivity contribution >= 4 is 47.8 Å². The summed E-state index contributed by atoms with van der Waals surface area (Å²) >= 11 is 9.87. The predicted molar refractivity (Wildman–Crippen MR) is 75.6 cm³/mol. The lowest BCUT2D eigenvalue weighted by Gasteiger charge is -2.21. The summed E-state index contributed by atoms with van der Waals surface area (Å²) < 4.78 is 5.21. The Morgan fingerprint density at radius 3 is 1.80 bits per heavy atom. The van der Waals surface area contributed by atoms with E-state index in [4.69, 9.17) is 4.74 Å². The monoisotopic (exact) mass is 408 g/mol. The molecule has 0 saturated carbocycles. The van der Waals surface area contributed by atoms with Gasteiger partial charge in [0.05, 0.1) is 22.1 Å². The summed E-state index contributed by atoms with van der Waals surface area (Å²) in [5, 5.41) is 11.0. The molecule has 0 aromatic heterocycles. The maximum Gasteiger partial charge on any atom is 0.0964 e. The van der Waals surface area contributed by atoms with Gasteiger partial charge in [0.25, 0.3) is 0 Å². The highest BCUT2D eigenvalue weighted by molar-refractivity contribution is 9.12. The first kappa shape index (κ1) is 16.4. The Kier molecular flexibility index (Phi) is 6.91. The van der Waals surface area contributed by atoms with Gasteiger partial charge in [-0.05, 0) is 27.7 Å². The Hall–Kier alpha value is 1.36. The first-order valence-corrected chi connectivity index (χ1v) is 7.97. The molecule has 0 amide bonds. The maximum absolute atomic E-state index is 9.21. The number of ether oxygens (including phenoxy) is 1. The summed E-state index contributed by atoms with van der Waals surface area (Å²) in [4.78, 5) is 0.134. The molecule has 0 bridgehead atoms. The summed E-state index contributed by atoms with van der Waals surface area (Å²) in [5.41, 5.74) is -0.451. The second-order valence-corrected chi connectivity index (χ2v) is 7.04. The standard InChI is InChI=1S/C5H10Br2O.C5H9BrO/c1-5(2,8)4(7)3-6;1-5(2)4(3-6)7-5/h4,8H,3H2,1-2H3;4H,3H2,1-2H3. The number of hydrogen-bond donors (Lipinski definition) is 1. The zero-order valence-corrected chi connectivity index (χ0v) is 14.3. The molecule has 0 aromatic carbocycles. The normalized spacial score (nSPS) is 25.2. The van der Waals surface area contributed by atoms with Crippen LogP contribution in [0.1, 0.15) is 27.7 Å². The van der Waals surface area contributed by atoms with Crippen LogP contribution in [0.15, 0.2) is 0 Å². The predicted octanol–water partition coefficient (Wildman–Crippen LogP) is 3.47. The summed E-state index contributed by atoms with van der Waals surface area (Å²) in [6, 6.07) is 0. The summed E-state index contributed by atoms with van der Waals surface area (Å²) in [6.07, 6.45) is 0.465. The smallest absolute Gasteiger partial charge is 0.0964 e. The van der Waals surface area contributed by atoms with E-state index in [0.717, 1.165) is 10.7 Å². The quantitative estimate of drug-likeness (QED) is 0.570. The van der Waals surface area contributed by atoms with E-state index in [2.05, 4.69) is 61.6 Å². The minimum atomic E-state index is -0.622. The Morgan fingerprint density at radius 2 is 1.80 bits per heavy atom. The van der Waals surface area contributed by atoms with Crippen molar-refractivity contribution in [2.75, 3.05) is 10.7 Å². The Bertz CT molecular complexity index is 190. The van der Waals surface area contributed by atoms with E-state index in [1.54, 1.807) is 13.8 Å². The van der Waals surface area contributed by atoms with Gasteiger partial charge in [-0.25, -0.2) is 0 Å².